The summed E-state index contributed by atoms with van der Waals surface area (Å²) in [4.78, 5) is 30.8. The molecular formula is C38H32N4O5. The first-order valence-corrected chi connectivity index (χ1v) is 15.2. The average molecular weight is 625 g/mol. The molecule has 0 radical (unpaired) electrons. The number of fused-ring (bicyclic) bond motifs is 2. The summed E-state index contributed by atoms with van der Waals surface area (Å²) in [5.74, 6) is 0.301. The number of benzene rings is 4. The van der Waals surface area contributed by atoms with Crippen LogP contribution in [0.5, 0.6) is 11.8 Å². The molecule has 0 amide bonds. The molecule has 0 aliphatic carbocycles. The number of hydrogen-bond acceptors (Lipinski definition) is 6. The molecule has 0 fully saturated rings. The maximum Gasteiger partial charge on any atom is 0.340 e. The summed E-state index contributed by atoms with van der Waals surface area (Å²) in [6, 6.07) is 35.1. The third kappa shape index (κ3) is 5.63. The van der Waals surface area contributed by atoms with Gasteiger partial charge in [0.05, 0.1) is 23.7 Å². The molecule has 7 rings (SSSR count). The van der Waals surface area contributed by atoms with Crippen LogP contribution in [0, 0.1) is 0 Å². The molecule has 9 nitrogen and oxygen atoms in total. The average Bonchev–Trinajstić information content (AvgIpc) is 3.58. The highest BCUT2D eigenvalue weighted by Crippen LogP contribution is 2.32. The zero-order valence-corrected chi connectivity index (χ0v) is 26.2. The zero-order valence-electron chi connectivity index (χ0n) is 26.2. The van der Waals surface area contributed by atoms with E-state index in [0.717, 1.165) is 38.7 Å². The Bertz CT molecular complexity index is 2300. The van der Waals surface area contributed by atoms with Gasteiger partial charge in [-0.3, -0.25) is 9.13 Å². The summed E-state index contributed by atoms with van der Waals surface area (Å²) in [6.45, 7) is 0.618. The van der Waals surface area contributed by atoms with Gasteiger partial charge in [0.15, 0.2) is 0 Å². The van der Waals surface area contributed by atoms with E-state index in [1.165, 1.54) is 7.11 Å². The predicted octanol–water partition coefficient (Wildman–Crippen LogP) is 6.83. The van der Waals surface area contributed by atoms with E-state index in [4.69, 9.17) is 19.2 Å². The fourth-order valence-corrected chi connectivity index (χ4v) is 5.82. The van der Waals surface area contributed by atoms with Crippen LogP contribution in [0.25, 0.3) is 38.8 Å². The van der Waals surface area contributed by atoms with Gasteiger partial charge in [0.1, 0.15) is 18.9 Å². The van der Waals surface area contributed by atoms with Crippen LogP contribution in [0.4, 0.5) is 0 Å². The Kier molecular flexibility index (Phi) is 7.79. The van der Waals surface area contributed by atoms with E-state index >= 15 is 0 Å². The second-order valence-electron chi connectivity index (χ2n) is 11.3. The van der Waals surface area contributed by atoms with Gasteiger partial charge in [-0.2, -0.15) is 4.98 Å². The smallest absolute Gasteiger partial charge is 0.340 e. The molecule has 3 heterocycles. The van der Waals surface area contributed by atoms with Crippen molar-refractivity contribution in [3.8, 4) is 28.6 Å². The molecule has 234 valence electrons. The molecular weight excluding hydrogens is 592 g/mol. The first-order chi connectivity index (χ1) is 22.9. The lowest BCUT2D eigenvalue weighted by molar-refractivity contribution is 0.0602. The molecule has 0 spiro atoms. The fraction of sp³-hybridized carbons (Fsp3) is 0.132. The summed E-state index contributed by atoms with van der Waals surface area (Å²) in [6.07, 6.45) is 1.77. The molecule has 9 heteroatoms. The number of esters is 1. The van der Waals surface area contributed by atoms with Gasteiger partial charge in [0.2, 0.25) is 11.8 Å². The molecule has 0 N–H and O–H groups in total. The zero-order chi connectivity index (χ0) is 32.5. The normalized spacial score (nSPS) is 11.2. The standard InChI is InChI=1S/C38H32N4O5/c1-40-22-30(37(43)45-3)29-16-14-27(20-33(29)40)28-15-17-31-34(21-28)41(2)38(44)42(31)32-18-19-35(46-23-25-10-6-4-7-11-25)39-36(32)47-24-26-12-8-5-9-13-26/h4-22H,23-24H2,1-3H3. The number of methoxy groups -OCH3 is 1. The molecule has 0 saturated carbocycles. The Hall–Kier alpha value is -6.09. The van der Waals surface area contributed by atoms with Crippen LogP contribution in [-0.4, -0.2) is 31.8 Å². The van der Waals surface area contributed by atoms with E-state index in [2.05, 4.69) is 0 Å². The number of ether oxygens (including phenoxy) is 3. The van der Waals surface area contributed by atoms with Gasteiger partial charge in [-0.05, 0) is 46.5 Å². The first kappa shape index (κ1) is 29.6. The molecule has 0 bridgehead atoms. The van der Waals surface area contributed by atoms with E-state index in [-0.39, 0.29) is 24.1 Å². The summed E-state index contributed by atoms with van der Waals surface area (Å²) in [5.41, 5.74) is 7.01. The molecule has 4 aromatic carbocycles. The van der Waals surface area contributed by atoms with E-state index in [1.54, 1.807) is 28.4 Å². The van der Waals surface area contributed by atoms with Gasteiger partial charge in [0, 0.05) is 37.3 Å². The van der Waals surface area contributed by atoms with Crippen molar-refractivity contribution in [3.63, 3.8) is 0 Å². The summed E-state index contributed by atoms with van der Waals surface area (Å²) < 4.78 is 22.4. The lowest BCUT2D eigenvalue weighted by atomic mass is 10.0. The maximum atomic E-state index is 13.8. The second kappa shape index (κ2) is 12.4. The maximum absolute atomic E-state index is 13.8. The van der Waals surface area contributed by atoms with Crippen LogP contribution in [0.15, 0.2) is 120 Å². The molecule has 0 unspecified atom stereocenters. The minimum atomic E-state index is -0.376. The Balaban J connectivity index is 1.28. The molecule has 7 aromatic rings. The minimum Gasteiger partial charge on any atom is -0.473 e. The van der Waals surface area contributed by atoms with E-state index < -0.39 is 0 Å². The number of rotatable bonds is 9. The topological polar surface area (TPSA) is 89.5 Å². The Morgan fingerprint density at radius 2 is 1.36 bits per heavy atom. The molecule has 3 aromatic heterocycles. The minimum absolute atomic E-state index is 0.234. The Labute approximate surface area is 270 Å². The van der Waals surface area contributed by atoms with Crippen LogP contribution in [0.3, 0.4) is 0 Å². The van der Waals surface area contributed by atoms with Crippen molar-refractivity contribution in [2.75, 3.05) is 7.11 Å². The Morgan fingerprint density at radius 3 is 2.04 bits per heavy atom. The fourth-order valence-electron chi connectivity index (χ4n) is 5.82. The Morgan fingerprint density at radius 1 is 0.723 bits per heavy atom. The summed E-state index contributed by atoms with van der Waals surface area (Å²) >= 11 is 0. The van der Waals surface area contributed by atoms with Gasteiger partial charge in [-0.1, -0.05) is 78.9 Å². The number of carbonyl (C=O) groups excluding carboxylic acids is 1. The SMILES string of the molecule is COC(=O)c1cn(C)c2cc(-c3ccc4c(c3)n(C)c(=O)n4-c3ccc(OCc4ccccc4)nc3OCc3ccccc3)ccc12. The van der Waals surface area contributed by atoms with Gasteiger partial charge in [0.25, 0.3) is 0 Å². The summed E-state index contributed by atoms with van der Waals surface area (Å²) in [7, 11) is 5.03. The highest BCUT2D eigenvalue weighted by molar-refractivity contribution is 6.05. The van der Waals surface area contributed by atoms with Crippen LogP contribution in [0.2, 0.25) is 0 Å². The monoisotopic (exact) mass is 624 g/mol. The van der Waals surface area contributed by atoms with E-state index in [9.17, 15) is 9.59 Å². The second-order valence-corrected chi connectivity index (χ2v) is 11.3. The van der Waals surface area contributed by atoms with Crippen molar-refractivity contribution in [2.45, 2.75) is 13.2 Å². The first-order valence-electron chi connectivity index (χ1n) is 15.2. The van der Waals surface area contributed by atoms with Gasteiger partial charge in [-0.25, -0.2) is 9.59 Å². The molecule has 0 aliphatic heterocycles. The number of aryl methyl sites for hydroxylation is 2. The molecule has 0 aliphatic rings. The van der Waals surface area contributed by atoms with Crippen LogP contribution >= 0.6 is 0 Å². The number of pyridine rings is 1. The van der Waals surface area contributed by atoms with E-state index in [1.807, 2.05) is 115 Å². The molecule has 0 atom stereocenters. The number of nitrogens with zero attached hydrogens (tertiary/aromatic N) is 4. The van der Waals surface area contributed by atoms with Crippen molar-refractivity contribution < 1.29 is 19.0 Å². The van der Waals surface area contributed by atoms with Crippen LogP contribution in [-0.2, 0) is 32.0 Å². The van der Waals surface area contributed by atoms with Crippen LogP contribution < -0.4 is 15.2 Å². The number of hydrogen-bond donors (Lipinski definition) is 0. The largest absolute Gasteiger partial charge is 0.473 e. The quantitative estimate of drug-likeness (QED) is 0.164. The van der Waals surface area contributed by atoms with Crippen molar-refractivity contribution in [1.82, 2.24) is 18.7 Å². The van der Waals surface area contributed by atoms with Gasteiger partial charge in [-0.15, -0.1) is 0 Å². The predicted molar refractivity (Wildman–Crippen MR) is 181 cm³/mol. The number of aromatic nitrogens is 4. The van der Waals surface area contributed by atoms with Crippen molar-refractivity contribution >= 4 is 27.9 Å². The van der Waals surface area contributed by atoms with Gasteiger partial charge >= 0.3 is 11.7 Å². The van der Waals surface area contributed by atoms with Gasteiger partial charge < -0.3 is 18.8 Å². The molecule has 47 heavy (non-hydrogen) atoms. The van der Waals surface area contributed by atoms with Crippen molar-refractivity contribution in [3.05, 3.63) is 143 Å². The third-order valence-corrected chi connectivity index (χ3v) is 8.29. The van der Waals surface area contributed by atoms with Crippen LogP contribution in [0.1, 0.15) is 21.5 Å². The number of carbonyl (C=O) groups is 1. The number of imidazole rings is 1. The summed E-state index contributed by atoms with van der Waals surface area (Å²) in [5, 5.41) is 0.814. The lowest BCUT2D eigenvalue weighted by Crippen LogP contribution is -2.21. The lowest BCUT2D eigenvalue weighted by Gasteiger charge is -2.14. The highest BCUT2D eigenvalue weighted by atomic mass is 16.5. The van der Waals surface area contributed by atoms with E-state index in [0.29, 0.717) is 29.3 Å². The van der Waals surface area contributed by atoms with Crippen molar-refractivity contribution in [1.29, 1.82) is 0 Å². The molecule has 0 saturated heterocycles. The third-order valence-electron chi connectivity index (χ3n) is 8.29. The highest BCUT2D eigenvalue weighted by Gasteiger charge is 2.20. The van der Waals surface area contributed by atoms with Crippen molar-refractivity contribution in [2.24, 2.45) is 14.1 Å².